The summed E-state index contributed by atoms with van der Waals surface area (Å²) in [4.78, 5) is 10.3. The third-order valence-corrected chi connectivity index (χ3v) is 5.35. The molecule has 0 aromatic heterocycles. The van der Waals surface area contributed by atoms with Gasteiger partial charge in [-0.25, -0.2) is 8.42 Å². The van der Waals surface area contributed by atoms with Crippen LogP contribution in [0.2, 0.25) is 0 Å². The van der Waals surface area contributed by atoms with Crippen molar-refractivity contribution >= 4 is 15.5 Å². The molecule has 1 aromatic rings. The molecule has 1 aliphatic heterocycles. The van der Waals surface area contributed by atoms with E-state index in [0.29, 0.717) is 6.42 Å². The van der Waals surface area contributed by atoms with E-state index in [1.807, 2.05) is 13.0 Å². The summed E-state index contributed by atoms with van der Waals surface area (Å²) in [6, 6.07) is 6.22. The highest BCUT2D eigenvalue weighted by Crippen LogP contribution is 2.21. The van der Waals surface area contributed by atoms with E-state index in [-0.39, 0.29) is 29.3 Å². The predicted octanol–water partition coefficient (Wildman–Crippen LogP) is 1.82. The van der Waals surface area contributed by atoms with Gasteiger partial charge in [0.2, 0.25) is 0 Å². The van der Waals surface area contributed by atoms with Crippen LogP contribution in [0.4, 0.5) is 5.69 Å². The lowest BCUT2D eigenvalue weighted by Gasteiger charge is -2.26. The Labute approximate surface area is 118 Å². The zero-order chi connectivity index (χ0) is 14.8. The number of hydrogen-bond donors (Lipinski definition) is 1. The van der Waals surface area contributed by atoms with Gasteiger partial charge in [-0.3, -0.25) is 10.1 Å². The minimum absolute atomic E-state index is 0.0485. The van der Waals surface area contributed by atoms with Crippen LogP contribution >= 0.6 is 0 Å². The quantitative estimate of drug-likeness (QED) is 0.676. The van der Waals surface area contributed by atoms with Gasteiger partial charge >= 0.3 is 0 Å². The summed E-state index contributed by atoms with van der Waals surface area (Å²) in [5, 5.41) is 14.0. The van der Waals surface area contributed by atoms with Crippen molar-refractivity contribution in [1.82, 2.24) is 5.32 Å². The van der Waals surface area contributed by atoms with Crippen molar-refractivity contribution in [1.29, 1.82) is 0 Å². The summed E-state index contributed by atoms with van der Waals surface area (Å²) < 4.78 is 23.2. The van der Waals surface area contributed by atoms with Crippen molar-refractivity contribution in [2.24, 2.45) is 0 Å². The number of benzene rings is 1. The molecule has 0 aliphatic carbocycles. The molecule has 0 radical (unpaired) electrons. The number of hydrogen-bond acceptors (Lipinski definition) is 5. The lowest BCUT2D eigenvalue weighted by Crippen LogP contribution is -2.41. The van der Waals surface area contributed by atoms with Crippen LogP contribution in [0.15, 0.2) is 24.3 Å². The fraction of sp³-hybridized carbons (Fsp3) is 0.538. The van der Waals surface area contributed by atoms with Gasteiger partial charge in [0.1, 0.15) is 0 Å². The van der Waals surface area contributed by atoms with E-state index in [2.05, 4.69) is 5.32 Å². The Kier molecular flexibility index (Phi) is 4.39. The number of sulfone groups is 1. The van der Waals surface area contributed by atoms with Crippen molar-refractivity contribution in [3.8, 4) is 0 Å². The number of nitro benzene ring substituents is 1. The first-order chi connectivity index (χ1) is 9.37. The summed E-state index contributed by atoms with van der Waals surface area (Å²) in [5.74, 6) is 0.405. The van der Waals surface area contributed by atoms with Crippen molar-refractivity contribution in [2.45, 2.75) is 31.8 Å². The van der Waals surface area contributed by atoms with Crippen LogP contribution in [0.5, 0.6) is 0 Å². The fourth-order valence-corrected chi connectivity index (χ4v) is 4.16. The Balaban J connectivity index is 2.06. The van der Waals surface area contributed by atoms with Crippen LogP contribution in [0.25, 0.3) is 0 Å². The molecule has 1 saturated heterocycles. The maximum absolute atomic E-state index is 11.6. The van der Waals surface area contributed by atoms with Crippen molar-refractivity contribution in [2.75, 3.05) is 11.5 Å². The second-order valence-electron chi connectivity index (χ2n) is 5.19. The molecule has 1 fully saturated rings. The highest BCUT2D eigenvalue weighted by atomic mass is 32.2. The molecule has 1 N–H and O–H groups in total. The van der Waals surface area contributed by atoms with Crippen molar-refractivity contribution < 1.29 is 13.3 Å². The van der Waals surface area contributed by atoms with E-state index in [1.165, 1.54) is 12.1 Å². The summed E-state index contributed by atoms with van der Waals surface area (Å²) in [6.45, 7) is 1.89. The molecule has 6 nitrogen and oxygen atoms in total. The molecule has 2 unspecified atom stereocenters. The van der Waals surface area contributed by atoms with E-state index < -0.39 is 14.8 Å². The lowest BCUT2D eigenvalue weighted by molar-refractivity contribution is -0.384. The molecule has 0 bridgehead atoms. The number of nitro groups is 1. The van der Waals surface area contributed by atoms with Gasteiger partial charge in [-0.1, -0.05) is 12.1 Å². The van der Waals surface area contributed by atoms with E-state index in [0.717, 1.165) is 12.0 Å². The van der Waals surface area contributed by atoms with E-state index in [4.69, 9.17) is 0 Å². The molecular weight excluding hydrogens is 280 g/mol. The van der Waals surface area contributed by atoms with Gasteiger partial charge in [0, 0.05) is 24.2 Å². The first-order valence-corrected chi connectivity index (χ1v) is 8.40. The van der Waals surface area contributed by atoms with Gasteiger partial charge in [-0.05, 0) is 25.3 Å². The summed E-state index contributed by atoms with van der Waals surface area (Å²) in [5.41, 5.74) is 0.842. The van der Waals surface area contributed by atoms with E-state index >= 15 is 0 Å². The summed E-state index contributed by atoms with van der Waals surface area (Å²) in [7, 11) is -2.95. The van der Waals surface area contributed by atoms with Gasteiger partial charge in [0.15, 0.2) is 9.84 Å². The zero-order valence-electron chi connectivity index (χ0n) is 11.3. The Morgan fingerprint density at radius 3 is 2.85 bits per heavy atom. The second-order valence-corrected chi connectivity index (χ2v) is 7.42. The first kappa shape index (κ1) is 14.9. The number of nitrogens with zero attached hydrogens (tertiary/aromatic N) is 1. The molecule has 0 amide bonds. The monoisotopic (exact) mass is 298 g/mol. The molecule has 1 aliphatic rings. The molecule has 1 heterocycles. The maximum Gasteiger partial charge on any atom is 0.269 e. The molecule has 0 saturated carbocycles. The number of non-ortho nitro benzene ring substituents is 1. The van der Waals surface area contributed by atoms with E-state index in [9.17, 15) is 18.5 Å². The number of rotatable bonds is 4. The molecule has 7 heteroatoms. The molecule has 2 rings (SSSR count). The predicted molar refractivity (Wildman–Crippen MR) is 76.3 cm³/mol. The van der Waals surface area contributed by atoms with Crippen LogP contribution in [0.3, 0.4) is 0 Å². The van der Waals surface area contributed by atoms with Crippen LogP contribution in [-0.4, -0.2) is 30.9 Å². The third kappa shape index (κ3) is 3.77. The van der Waals surface area contributed by atoms with Gasteiger partial charge in [0.05, 0.1) is 16.4 Å². The molecule has 0 spiro atoms. The van der Waals surface area contributed by atoms with Crippen molar-refractivity contribution in [3.05, 3.63) is 39.9 Å². The average molecular weight is 298 g/mol. The third-order valence-electron chi connectivity index (χ3n) is 3.53. The smallest absolute Gasteiger partial charge is 0.269 e. The first-order valence-electron chi connectivity index (χ1n) is 6.58. The van der Waals surface area contributed by atoms with E-state index in [1.54, 1.807) is 6.07 Å². The van der Waals surface area contributed by atoms with Crippen LogP contribution in [0, 0.1) is 10.1 Å². The topological polar surface area (TPSA) is 89.3 Å². The number of nitrogens with one attached hydrogen (secondary N) is 1. The fourth-order valence-electron chi connectivity index (χ4n) is 2.51. The van der Waals surface area contributed by atoms with Gasteiger partial charge in [-0.2, -0.15) is 0 Å². The highest BCUT2D eigenvalue weighted by molar-refractivity contribution is 7.91. The van der Waals surface area contributed by atoms with Gasteiger partial charge in [-0.15, -0.1) is 0 Å². The molecule has 1 aromatic carbocycles. The largest absolute Gasteiger partial charge is 0.306 e. The van der Waals surface area contributed by atoms with Gasteiger partial charge in [0.25, 0.3) is 5.69 Å². The Hall–Kier alpha value is -1.47. The van der Waals surface area contributed by atoms with Crippen LogP contribution < -0.4 is 5.32 Å². The second kappa shape index (κ2) is 5.88. The van der Waals surface area contributed by atoms with Crippen LogP contribution in [-0.2, 0) is 9.84 Å². The molecular formula is C13H18N2O4S. The molecule has 2 atom stereocenters. The minimum Gasteiger partial charge on any atom is -0.306 e. The average Bonchev–Trinajstić information content (AvgIpc) is 2.37. The summed E-state index contributed by atoms with van der Waals surface area (Å²) >= 11 is 0. The molecule has 110 valence electrons. The zero-order valence-corrected chi connectivity index (χ0v) is 12.1. The Morgan fingerprint density at radius 1 is 1.45 bits per heavy atom. The maximum atomic E-state index is 11.6. The highest BCUT2D eigenvalue weighted by Gasteiger charge is 2.26. The minimum atomic E-state index is -2.95. The SMILES string of the molecule is CC(NC1CCCS(=O)(=O)C1)c1cccc([N+](=O)[O-])c1. The normalized spacial score (nSPS) is 23.1. The Morgan fingerprint density at radius 2 is 2.20 bits per heavy atom. The lowest BCUT2D eigenvalue weighted by atomic mass is 10.1. The molecule has 20 heavy (non-hydrogen) atoms. The van der Waals surface area contributed by atoms with Crippen LogP contribution in [0.1, 0.15) is 31.4 Å². The van der Waals surface area contributed by atoms with Gasteiger partial charge < -0.3 is 5.32 Å². The van der Waals surface area contributed by atoms with Crippen molar-refractivity contribution in [3.63, 3.8) is 0 Å². The summed E-state index contributed by atoms with van der Waals surface area (Å²) in [6.07, 6.45) is 1.49. The Bertz CT molecular complexity index is 600. The standard InChI is InChI=1S/C13H18N2O4S/c1-10(11-4-2-6-13(8-11)15(16)17)14-12-5-3-7-20(18,19)9-12/h2,4,6,8,10,12,14H,3,5,7,9H2,1H3.